The second-order valence-electron chi connectivity index (χ2n) is 2.50. The molecule has 0 spiro atoms. The highest BCUT2D eigenvalue weighted by molar-refractivity contribution is 5.96. The first kappa shape index (κ1) is 8.05. The Morgan fingerprint density at radius 1 is 1.55 bits per heavy atom. The van der Waals surface area contributed by atoms with E-state index in [0.717, 1.165) is 17.7 Å². The maximum atomic E-state index is 11.2. The summed E-state index contributed by atoms with van der Waals surface area (Å²) in [5.41, 5.74) is 1.91. The fourth-order valence-corrected chi connectivity index (χ4v) is 1.15. The predicted molar refractivity (Wildman–Crippen MR) is 44.8 cm³/mol. The maximum absolute atomic E-state index is 11.2. The number of aromatic nitrogens is 1. The van der Waals surface area contributed by atoms with Crippen molar-refractivity contribution in [2.45, 2.75) is 26.7 Å². The van der Waals surface area contributed by atoms with E-state index in [9.17, 15) is 4.79 Å². The summed E-state index contributed by atoms with van der Waals surface area (Å²) in [6.07, 6.45) is 3.31. The van der Waals surface area contributed by atoms with Crippen LogP contribution in [0.2, 0.25) is 0 Å². The Labute approximate surface area is 66.6 Å². The van der Waals surface area contributed by atoms with E-state index in [0.29, 0.717) is 6.42 Å². The fraction of sp³-hybridized carbons (Fsp3) is 0.444. The minimum absolute atomic E-state index is 0.225. The fourth-order valence-electron chi connectivity index (χ4n) is 1.15. The molecule has 2 heteroatoms. The van der Waals surface area contributed by atoms with Gasteiger partial charge in [-0.2, -0.15) is 0 Å². The lowest BCUT2D eigenvalue weighted by Crippen LogP contribution is -1.98. The third-order valence-electron chi connectivity index (χ3n) is 1.81. The molecule has 1 aromatic heterocycles. The van der Waals surface area contributed by atoms with Gasteiger partial charge in [-0.05, 0) is 12.5 Å². The molecule has 1 heterocycles. The molecule has 0 aliphatic carbocycles. The molecule has 1 rings (SSSR count). The van der Waals surface area contributed by atoms with Crippen molar-refractivity contribution in [2.75, 3.05) is 0 Å². The Hall–Kier alpha value is -1.05. The molecule has 0 aliphatic rings. The highest BCUT2D eigenvalue weighted by Crippen LogP contribution is 2.09. The quantitative estimate of drug-likeness (QED) is 0.660. The van der Waals surface area contributed by atoms with Crippen molar-refractivity contribution in [1.82, 2.24) is 4.98 Å². The molecule has 0 bridgehead atoms. The number of H-pyrrole nitrogens is 1. The zero-order valence-electron chi connectivity index (χ0n) is 6.98. The van der Waals surface area contributed by atoms with Gasteiger partial charge in [-0.3, -0.25) is 4.79 Å². The Morgan fingerprint density at radius 3 is 2.82 bits per heavy atom. The number of rotatable bonds is 3. The average molecular weight is 151 g/mol. The van der Waals surface area contributed by atoms with Gasteiger partial charge < -0.3 is 4.98 Å². The lowest BCUT2D eigenvalue weighted by atomic mass is 10.1. The van der Waals surface area contributed by atoms with Gasteiger partial charge in [0, 0.05) is 23.9 Å². The van der Waals surface area contributed by atoms with Crippen molar-refractivity contribution in [1.29, 1.82) is 0 Å². The highest BCUT2D eigenvalue weighted by Gasteiger charge is 2.07. The molecule has 0 atom stereocenters. The van der Waals surface area contributed by atoms with Crippen LogP contribution < -0.4 is 0 Å². The van der Waals surface area contributed by atoms with Gasteiger partial charge in [0.2, 0.25) is 0 Å². The molecule has 0 amide bonds. The predicted octanol–water partition coefficient (Wildman–Crippen LogP) is 2.17. The first-order valence-corrected chi connectivity index (χ1v) is 3.99. The standard InChI is InChI=1S/C9H13NO/c1-3-8-7(5-6-10-8)9(11)4-2/h5-6,10H,3-4H2,1-2H3. The monoisotopic (exact) mass is 151 g/mol. The third kappa shape index (κ3) is 1.50. The molecule has 0 saturated heterocycles. The zero-order chi connectivity index (χ0) is 8.27. The molecule has 1 aromatic rings. The first-order chi connectivity index (χ1) is 5.29. The smallest absolute Gasteiger partial charge is 0.164 e. The molecule has 11 heavy (non-hydrogen) atoms. The molecule has 0 unspecified atom stereocenters. The van der Waals surface area contributed by atoms with Gasteiger partial charge in [0.05, 0.1) is 0 Å². The topological polar surface area (TPSA) is 32.9 Å². The van der Waals surface area contributed by atoms with E-state index in [1.807, 2.05) is 26.1 Å². The Balaban J connectivity index is 2.92. The van der Waals surface area contributed by atoms with E-state index < -0.39 is 0 Å². The summed E-state index contributed by atoms with van der Waals surface area (Å²) in [6, 6.07) is 1.85. The normalized spacial score (nSPS) is 10.0. The first-order valence-electron chi connectivity index (χ1n) is 3.99. The van der Waals surface area contributed by atoms with Crippen molar-refractivity contribution >= 4 is 5.78 Å². The lowest BCUT2D eigenvalue weighted by Gasteiger charge is -1.96. The van der Waals surface area contributed by atoms with Gasteiger partial charge in [0.25, 0.3) is 0 Å². The summed E-state index contributed by atoms with van der Waals surface area (Å²) in [6.45, 7) is 3.92. The third-order valence-corrected chi connectivity index (χ3v) is 1.81. The van der Waals surface area contributed by atoms with Crippen LogP contribution in [0, 0.1) is 0 Å². The number of hydrogen-bond donors (Lipinski definition) is 1. The van der Waals surface area contributed by atoms with Gasteiger partial charge in [0.1, 0.15) is 0 Å². The second-order valence-corrected chi connectivity index (χ2v) is 2.50. The lowest BCUT2D eigenvalue weighted by molar-refractivity contribution is 0.0987. The van der Waals surface area contributed by atoms with Crippen LogP contribution in [0.1, 0.15) is 36.3 Å². The molecule has 60 valence electrons. The van der Waals surface area contributed by atoms with Crippen molar-refractivity contribution in [3.63, 3.8) is 0 Å². The number of hydrogen-bond acceptors (Lipinski definition) is 1. The van der Waals surface area contributed by atoms with Gasteiger partial charge in [-0.25, -0.2) is 0 Å². The maximum Gasteiger partial charge on any atom is 0.164 e. The Bertz CT molecular complexity index is 250. The molecule has 0 radical (unpaired) electrons. The number of carbonyl (C=O) groups is 1. The van der Waals surface area contributed by atoms with Gasteiger partial charge >= 0.3 is 0 Å². The number of nitrogens with one attached hydrogen (secondary N) is 1. The minimum atomic E-state index is 0.225. The van der Waals surface area contributed by atoms with Gasteiger partial charge in [-0.1, -0.05) is 13.8 Å². The van der Waals surface area contributed by atoms with Crippen LogP contribution in [0.3, 0.4) is 0 Å². The SMILES string of the molecule is CCC(=O)c1cc[nH]c1CC. The van der Waals surface area contributed by atoms with E-state index in [1.54, 1.807) is 0 Å². The summed E-state index contributed by atoms with van der Waals surface area (Å²) in [7, 11) is 0. The minimum Gasteiger partial charge on any atom is -0.364 e. The molecular formula is C9H13NO. The van der Waals surface area contributed by atoms with E-state index in [4.69, 9.17) is 0 Å². The number of ketones is 1. The molecular weight excluding hydrogens is 138 g/mol. The largest absolute Gasteiger partial charge is 0.364 e. The van der Waals surface area contributed by atoms with Crippen molar-refractivity contribution in [3.05, 3.63) is 23.5 Å². The number of Topliss-reactive ketones (excluding diaryl/α,β-unsaturated/α-hetero) is 1. The second kappa shape index (κ2) is 3.37. The Morgan fingerprint density at radius 2 is 2.27 bits per heavy atom. The molecule has 0 fully saturated rings. The van der Waals surface area contributed by atoms with Crippen LogP contribution in [0.4, 0.5) is 0 Å². The van der Waals surface area contributed by atoms with Crippen molar-refractivity contribution < 1.29 is 4.79 Å². The van der Waals surface area contributed by atoms with E-state index >= 15 is 0 Å². The number of aromatic amines is 1. The van der Waals surface area contributed by atoms with Crippen molar-refractivity contribution in [3.8, 4) is 0 Å². The molecule has 2 nitrogen and oxygen atoms in total. The van der Waals surface area contributed by atoms with Crippen LogP contribution >= 0.6 is 0 Å². The summed E-state index contributed by atoms with van der Waals surface area (Å²) >= 11 is 0. The van der Waals surface area contributed by atoms with Crippen LogP contribution in [0.5, 0.6) is 0 Å². The Kier molecular flexibility index (Phi) is 2.47. The van der Waals surface area contributed by atoms with Crippen LogP contribution in [-0.2, 0) is 6.42 Å². The van der Waals surface area contributed by atoms with Crippen LogP contribution in [0.25, 0.3) is 0 Å². The van der Waals surface area contributed by atoms with Crippen LogP contribution in [-0.4, -0.2) is 10.8 Å². The van der Waals surface area contributed by atoms with E-state index in [-0.39, 0.29) is 5.78 Å². The number of carbonyl (C=O) groups excluding carboxylic acids is 1. The van der Waals surface area contributed by atoms with Crippen molar-refractivity contribution in [2.24, 2.45) is 0 Å². The molecule has 0 aliphatic heterocycles. The summed E-state index contributed by atoms with van der Waals surface area (Å²) < 4.78 is 0. The highest BCUT2D eigenvalue weighted by atomic mass is 16.1. The number of aryl methyl sites for hydroxylation is 1. The van der Waals surface area contributed by atoms with Crippen LogP contribution in [0.15, 0.2) is 12.3 Å². The van der Waals surface area contributed by atoms with E-state index in [1.165, 1.54) is 0 Å². The summed E-state index contributed by atoms with van der Waals surface area (Å²) in [4.78, 5) is 14.3. The van der Waals surface area contributed by atoms with Gasteiger partial charge in [-0.15, -0.1) is 0 Å². The summed E-state index contributed by atoms with van der Waals surface area (Å²) in [5.74, 6) is 0.225. The average Bonchev–Trinajstić information content (AvgIpc) is 2.50. The molecule has 0 saturated carbocycles. The van der Waals surface area contributed by atoms with E-state index in [2.05, 4.69) is 4.98 Å². The zero-order valence-corrected chi connectivity index (χ0v) is 6.98. The molecule has 1 N–H and O–H groups in total. The van der Waals surface area contributed by atoms with Gasteiger partial charge in [0.15, 0.2) is 5.78 Å². The summed E-state index contributed by atoms with van der Waals surface area (Å²) in [5, 5.41) is 0. The molecule has 0 aromatic carbocycles.